The predicted octanol–water partition coefficient (Wildman–Crippen LogP) is 0.303. The molecule has 96 valence electrons. The van der Waals surface area contributed by atoms with Crippen LogP contribution in [-0.4, -0.2) is 52.5 Å². The molecule has 0 bridgehead atoms. The van der Waals surface area contributed by atoms with E-state index in [4.69, 9.17) is 14.9 Å². The molecule has 8 heteroatoms. The van der Waals surface area contributed by atoms with Gasteiger partial charge < -0.3 is 14.9 Å². The number of phosphoric ester groups is 1. The number of phosphoric acid groups is 1. The highest BCUT2D eigenvalue weighted by atomic mass is 31.2. The number of carboxylic acids is 1. The van der Waals surface area contributed by atoms with Crippen LogP contribution in [0.5, 0.6) is 0 Å². The van der Waals surface area contributed by atoms with Gasteiger partial charge in [-0.3, -0.25) is 14.2 Å². The van der Waals surface area contributed by atoms with Gasteiger partial charge in [-0.25, -0.2) is 4.57 Å². The molecule has 1 atom stereocenters. The van der Waals surface area contributed by atoms with Gasteiger partial charge in [0.15, 0.2) is 0 Å². The maximum absolute atomic E-state index is 10.1. The Balaban J connectivity index is 0. The molecule has 0 aromatic carbocycles. The van der Waals surface area contributed by atoms with Crippen molar-refractivity contribution >= 4 is 13.8 Å². The summed E-state index contributed by atoms with van der Waals surface area (Å²) in [4.78, 5) is 27.7. The molecule has 0 heterocycles. The lowest BCUT2D eigenvalue weighted by molar-refractivity contribution is -0.141. The van der Waals surface area contributed by atoms with E-state index in [1.165, 1.54) is 6.08 Å². The first-order valence-electron chi connectivity index (χ1n) is 4.32. The minimum atomic E-state index is -4.25. The van der Waals surface area contributed by atoms with Crippen LogP contribution in [-0.2, 0) is 13.9 Å². The Morgan fingerprint density at radius 3 is 2.06 bits per heavy atom. The molecule has 0 aliphatic heterocycles. The highest BCUT2D eigenvalue weighted by Gasteiger charge is 2.11. The number of carboxylic acid groups (broad SMARTS) is 1. The molecule has 0 aliphatic carbocycles. The van der Waals surface area contributed by atoms with Crippen LogP contribution in [0.1, 0.15) is 6.92 Å². The molecular weight excluding hydrogens is 237 g/mol. The number of rotatable bonds is 5. The fraction of sp³-hybridized carbons (Fsp3) is 0.625. The molecule has 3 N–H and O–H groups in total. The second-order valence-corrected chi connectivity index (χ2v) is 4.29. The van der Waals surface area contributed by atoms with Crippen LogP contribution in [0, 0.1) is 0 Å². The fourth-order valence-corrected chi connectivity index (χ4v) is 0.670. The van der Waals surface area contributed by atoms with Gasteiger partial charge in [0.2, 0.25) is 0 Å². The summed E-state index contributed by atoms with van der Waals surface area (Å²) in [6.07, 6.45) is 1.26. The SMILES string of the molecule is C=CCOP(=O)(O)O.CC(C(=O)O)N(C)C. The van der Waals surface area contributed by atoms with E-state index in [9.17, 15) is 9.36 Å². The van der Waals surface area contributed by atoms with Crippen molar-refractivity contribution in [2.24, 2.45) is 0 Å². The number of aliphatic carboxylic acids is 1. The molecule has 0 rings (SSSR count). The van der Waals surface area contributed by atoms with E-state index in [0.29, 0.717) is 0 Å². The Kier molecular flexibility index (Phi) is 9.31. The summed E-state index contributed by atoms with van der Waals surface area (Å²) >= 11 is 0. The number of likely N-dealkylation sites (N-methyl/N-ethyl adjacent to an activating group) is 1. The van der Waals surface area contributed by atoms with Crippen molar-refractivity contribution in [3.8, 4) is 0 Å². The zero-order valence-corrected chi connectivity index (χ0v) is 10.4. The van der Waals surface area contributed by atoms with Crippen LogP contribution < -0.4 is 0 Å². The second-order valence-electron chi connectivity index (χ2n) is 3.05. The molecule has 1 unspecified atom stereocenters. The summed E-state index contributed by atoms with van der Waals surface area (Å²) < 4.78 is 13.7. The quantitative estimate of drug-likeness (QED) is 0.479. The molecule has 16 heavy (non-hydrogen) atoms. The third kappa shape index (κ3) is 13.3. The molecule has 0 aliphatic rings. The maximum atomic E-state index is 10.1. The average molecular weight is 255 g/mol. The van der Waals surface area contributed by atoms with Crippen LogP contribution in [0.15, 0.2) is 12.7 Å². The van der Waals surface area contributed by atoms with E-state index < -0.39 is 13.8 Å². The molecule has 7 nitrogen and oxygen atoms in total. The summed E-state index contributed by atoms with van der Waals surface area (Å²) in [6, 6.07) is -0.380. The van der Waals surface area contributed by atoms with E-state index in [-0.39, 0.29) is 12.6 Å². The number of carbonyl (C=O) groups is 1. The Labute approximate surface area is 94.6 Å². The molecule has 0 aromatic heterocycles. The summed E-state index contributed by atoms with van der Waals surface area (Å²) in [6.45, 7) is 4.72. The monoisotopic (exact) mass is 255 g/mol. The third-order valence-electron chi connectivity index (χ3n) is 1.49. The normalized spacial score (nSPS) is 12.6. The number of hydrogen-bond donors (Lipinski definition) is 3. The maximum Gasteiger partial charge on any atom is 0.469 e. The second kappa shape index (κ2) is 8.43. The molecule has 0 spiro atoms. The molecular formula is C8H18NO6P. The van der Waals surface area contributed by atoms with Crippen molar-refractivity contribution in [1.29, 1.82) is 0 Å². The zero-order valence-electron chi connectivity index (χ0n) is 9.53. The van der Waals surface area contributed by atoms with E-state index in [0.717, 1.165) is 0 Å². The lowest BCUT2D eigenvalue weighted by Gasteiger charge is -2.13. The van der Waals surface area contributed by atoms with Gasteiger partial charge in [-0.1, -0.05) is 6.08 Å². The first kappa shape index (κ1) is 17.7. The topological polar surface area (TPSA) is 107 Å². The summed E-state index contributed by atoms with van der Waals surface area (Å²) in [5, 5.41) is 8.31. The van der Waals surface area contributed by atoms with Gasteiger partial charge in [0.05, 0.1) is 6.61 Å². The van der Waals surface area contributed by atoms with Gasteiger partial charge in [0, 0.05) is 0 Å². The predicted molar refractivity (Wildman–Crippen MR) is 59.0 cm³/mol. The molecule has 0 aromatic rings. The molecule has 0 fully saturated rings. The Hall–Kier alpha value is -0.720. The molecule has 0 saturated carbocycles. The highest BCUT2D eigenvalue weighted by Crippen LogP contribution is 2.35. The molecule has 0 radical (unpaired) electrons. The van der Waals surface area contributed by atoms with E-state index >= 15 is 0 Å². The number of hydrogen-bond acceptors (Lipinski definition) is 4. The summed E-state index contributed by atoms with van der Waals surface area (Å²) in [5.41, 5.74) is 0. The zero-order chi connectivity index (χ0) is 13.4. The third-order valence-corrected chi connectivity index (χ3v) is 1.98. The van der Waals surface area contributed by atoms with E-state index in [2.05, 4.69) is 11.1 Å². The van der Waals surface area contributed by atoms with Crippen molar-refractivity contribution in [2.75, 3.05) is 20.7 Å². The molecule has 0 amide bonds. The van der Waals surface area contributed by atoms with Crippen molar-refractivity contribution in [3.05, 3.63) is 12.7 Å². The van der Waals surface area contributed by atoms with Crippen molar-refractivity contribution in [2.45, 2.75) is 13.0 Å². The van der Waals surface area contributed by atoms with Crippen LogP contribution in [0.3, 0.4) is 0 Å². The summed E-state index contributed by atoms with van der Waals surface area (Å²) in [5.74, 6) is -0.782. The average Bonchev–Trinajstić information content (AvgIpc) is 2.13. The standard InChI is InChI=1S/C5H11NO2.C3H7O4P/c1-4(5(7)8)6(2)3;1-2-3-7-8(4,5)6/h4H,1-3H3,(H,7,8);2H,1,3H2,(H2,4,5,6). The largest absolute Gasteiger partial charge is 0.480 e. The van der Waals surface area contributed by atoms with Crippen molar-refractivity contribution in [3.63, 3.8) is 0 Å². The number of nitrogens with zero attached hydrogens (tertiary/aromatic N) is 1. The Morgan fingerprint density at radius 2 is 2.00 bits per heavy atom. The Morgan fingerprint density at radius 1 is 1.56 bits per heavy atom. The lowest BCUT2D eigenvalue weighted by atomic mass is 10.3. The Bertz CT molecular complexity index is 261. The first-order valence-corrected chi connectivity index (χ1v) is 5.85. The van der Waals surface area contributed by atoms with E-state index in [1.807, 2.05) is 0 Å². The van der Waals surface area contributed by atoms with Gasteiger partial charge in [0.1, 0.15) is 6.04 Å². The van der Waals surface area contributed by atoms with Gasteiger partial charge in [-0.2, -0.15) is 0 Å². The van der Waals surface area contributed by atoms with Gasteiger partial charge in [-0.05, 0) is 21.0 Å². The van der Waals surface area contributed by atoms with Gasteiger partial charge >= 0.3 is 13.8 Å². The van der Waals surface area contributed by atoms with Gasteiger partial charge in [0.25, 0.3) is 0 Å². The van der Waals surface area contributed by atoms with Crippen LogP contribution in [0.2, 0.25) is 0 Å². The highest BCUT2D eigenvalue weighted by molar-refractivity contribution is 7.46. The van der Waals surface area contributed by atoms with E-state index in [1.54, 1.807) is 25.9 Å². The minimum Gasteiger partial charge on any atom is -0.480 e. The van der Waals surface area contributed by atoms with Crippen LogP contribution in [0.25, 0.3) is 0 Å². The van der Waals surface area contributed by atoms with Crippen molar-refractivity contribution < 1.29 is 28.8 Å². The van der Waals surface area contributed by atoms with Crippen LogP contribution in [0.4, 0.5) is 0 Å². The minimum absolute atomic E-state index is 0.121. The lowest BCUT2D eigenvalue weighted by Crippen LogP contribution is -2.32. The first-order chi connectivity index (χ1) is 7.11. The van der Waals surface area contributed by atoms with Crippen molar-refractivity contribution in [1.82, 2.24) is 4.90 Å². The van der Waals surface area contributed by atoms with Gasteiger partial charge in [-0.15, -0.1) is 6.58 Å². The summed E-state index contributed by atoms with van der Waals surface area (Å²) in [7, 11) is -0.784. The van der Waals surface area contributed by atoms with Crippen LogP contribution >= 0.6 is 7.82 Å². The smallest absolute Gasteiger partial charge is 0.469 e. The molecule has 0 saturated heterocycles. The fourth-order valence-electron chi connectivity index (χ4n) is 0.371.